The Bertz CT molecular complexity index is 589. The van der Waals surface area contributed by atoms with Crippen LogP contribution in [0.3, 0.4) is 0 Å². The van der Waals surface area contributed by atoms with E-state index in [4.69, 9.17) is 10.5 Å². The van der Waals surface area contributed by atoms with Gasteiger partial charge in [-0.25, -0.2) is 4.52 Å². The quantitative estimate of drug-likeness (QED) is 0.842. The lowest BCUT2D eigenvalue weighted by molar-refractivity contribution is 0.0365. The monoisotopic (exact) mass is 289 g/mol. The van der Waals surface area contributed by atoms with Crippen LogP contribution in [0.4, 0.5) is 5.95 Å². The average molecular weight is 289 g/mol. The third kappa shape index (κ3) is 3.33. The summed E-state index contributed by atoms with van der Waals surface area (Å²) in [6.45, 7) is 5.43. The molecule has 1 aliphatic rings. The van der Waals surface area contributed by atoms with Gasteiger partial charge in [-0.15, -0.1) is 5.10 Å². The van der Waals surface area contributed by atoms with E-state index in [0.717, 1.165) is 50.6 Å². The lowest BCUT2D eigenvalue weighted by Gasteiger charge is -2.31. The minimum Gasteiger partial charge on any atom is -0.378 e. The highest BCUT2D eigenvalue weighted by molar-refractivity contribution is 5.46. The number of ether oxygens (including phenoxy) is 1. The van der Waals surface area contributed by atoms with Crippen molar-refractivity contribution in [1.29, 1.82) is 0 Å². The predicted octanol–water partition coefficient (Wildman–Crippen LogP) is 1.37. The van der Waals surface area contributed by atoms with Crippen LogP contribution in [-0.2, 0) is 4.74 Å². The van der Waals surface area contributed by atoms with E-state index in [1.807, 2.05) is 16.8 Å². The van der Waals surface area contributed by atoms with Crippen LogP contribution in [0.2, 0.25) is 0 Å². The average Bonchev–Trinajstić information content (AvgIpc) is 2.91. The van der Waals surface area contributed by atoms with Crippen LogP contribution >= 0.6 is 0 Å². The Hall–Kier alpha value is -1.66. The molecular weight excluding hydrogens is 266 g/mol. The van der Waals surface area contributed by atoms with Gasteiger partial charge in [0.2, 0.25) is 5.95 Å². The first-order chi connectivity index (χ1) is 10.3. The zero-order valence-electron chi connectivity index (χ0n) is 12.5. The van der Waals surface area contributed by atoms with Gasteiger partial charge < -0.3 is 15.4 Å². The van der Waals surface area contributed by atoms with Crippen molar-refractivity contribution in [3.05, 3.63) is 23.9 Å². The summed E-state index contributed by atoms with van der Waals surface area (Å²) in [5.41, 5.74) is 7.59. The molecular formula is C15H23N5O. The molecule has 0 amide bonds. The lowest BCUT2D eigenvalue weighted by Crippen LogP contribution is -2.37. The van der Waals surface area contributed by atoms with Gasteiger partial charge in [-0.2, -0.15) is 4.98 Å². The summed E-state index contributed by atoms with van der Waals surface area (Å²) >= 11 is 0. The molecule has 0 unspecified atom stereocenters. The van der Waals surface area contributed by atoms with E-state index in [0.29, 0.717) is 12.6 Å². The van der Waals surface area contributed by atoms with E-state index in [1.54, 1.807) is 0 Å². The van der Waals surface area contributed by atoms with Crippen molar-refractivity contribution in [2.45, 2.75) is 32.3 Å². The number of fused-ring (bicyclic) bond motifs is 1. The highest BCUT2D eigenvalue weighted by atomic mass is 16.5. The number of hydrogen-bond donors (Lipinski definition) is 1. The number of nitrogens with two attached hydrogens (primary N) is 1. The maximum atomic E-state index is 5.83. The largest absolute Gasteiger partial charge is 0.378 e. The zero-order valence-corrected chi connectivity index (χ0v) is 12.5. The standard InChI is InChI=1S/C15H23N5O/c1-12-3-9-20-14(11-12)17-15(18-20)19-7-4-13(5-8-19)21-10-2-6-16/h3,9,11,13H,2,4-8,10,16H2,1H3. The molecule has 0 atom stereocenters. The molecule has 0 radical (unpaired) electrons. The second-order valence-corrected chi connectivity index (χ2v) is 5.62. The number of piperidine rings is 1. The molecule has 1 saturated heterocycles. The van der Waals surface area contributed by atoms with Crippen molar-refractivity contribution in [3.63, 3.8) is 0 Å². The fraction of sp³-hybridized carbons (Fsp3) is 0.600. The van der Waals surface area contributed by atoms with Gasteiger partial charge in [0.15, 0.2) is 5.65 Å². The van der Waals surface area contributed by atoms with E-state index >= 15 is 0 Å². The summed E-state index contributed by atoms with van der Waals surface area (Å²) in [7, 11) is 0. The van der Waals surface area contributed by atoms with Crippen molar-refractivity contribution in [3.8, 4) is 0 Å². The van der Waals surface area contributed by atoms with Crippen molar-refractivity contribution in [2.24, 2.45) is 5.73 Å². The Morgan fingerprint density at radius 3 is 2.95 bits per heavy atom. The second kappa shape index (κ2) is 6.41. The molecule has 114 valence electrons. The molecule has 2 aromatic heterocycles. The highest BCUT2D eigenvalue weighted by Gasteiger charge is 2.22. The predicted molar refractivity (Wildman–Crippen MR) is 82.6 cm³/mol. The summed E-state index contributed by atoms with van der Waals surface area (Å²) in [6, 6.07) is 4.10. The van der Waals surface area contributed by atoms with Crippen LogP contribution in [0.25, 0.3) is 5.65 Å². The first-order valence-corrected chi connectivity index (χ1v) is 7.66. The summed E-state index contributed by atoms with van der Waals surface area (Å²) in [5, 5.41) is 4.55. The molecule has 2 N–H and O–H groups in total. The van der Waals surface area contributed by atoms with Gasteiger partial charge in [0, 0.05) is 25.9 Å². The van der Waals surface area contributed by atoms with Gasteiger partial charge in [0.1, 0.15) is 0 Å². The van der Waals surface area contributed by atoms with Crippen LogP contribution in [0, 0.1) is 6.92 Å². The Kier molecular flexibility index (Phi) is 4.36. The van der Waals surface area contributed by atoms with Gasteiger partial charge >= 0.3 is 0 Å². The zero-order chi connectivity index (χ0) is 14.7. The molecule has 6 heteroatoms. The van der Waals surface area contributed by atoms with Crippen LogP contribution in [-0.4, -0.2) is 46.9 Å². The smallest absolute Gasteiger partial charge is 0.245 e. The molecule has 0 saturated carbocycles. The molecule has 3 heterocycles. The Morgan fingerprint density at radius 2 is 2.19 bits per heavy atom. The van der Waals surface area contributed by atoms with Gasteiger partial charge in [0.25, 0.3) is 0 Å². The van der Waals surface area contributed by atoms with Crippen molar-refractivity contribution < 1.29 is 4.74 Å². The molecule has 2 aromatic rings. The molecule has 0 aromatic carbocycles. The van der Waals surface area contributed by atoms with Crippen LogP contribution in [0.15, 0.2) is 18.3 Å². The number of aryl methyl sites for hydroxylation is 1. The number of pyridine rings is 1. The lowest BCUT2D eigenvalue weighted by atomic mass is 10.1. The maximum absolute atomic E-state index is 5.83. The summed E-state index contributed by atoms with van der Waals surface area (Å²) in [4.78, 5) is 6.86. The van der Waals surface area contributed by atoms with Gasteiger partial charge in [0.05, 0.1) is 6.10 Å². The summed E-state index contributed by atoms with van der Waals surface area (Å²) < 4.78 is 7.67. The van der Waals surface area contributed by atoms with Gasteiger partial charge in [-0.05, 0) is 50.4 Å². The number of anilines is 1. The number of hydrogen-bond acceptors (Lipinski definition) is 5. The topological polar surface area (TPSA) is 68.7 Å². The minimum atomic E-state index is 0.354. The van der Waals surface area contributed by atoms with E-state index in [1.165, 1.54) is 5.56 Å². The molecule has 1 aliphatic heterocycles. The highest BCUT2D eigenvalue weighted by Crippen LogP contribution is 2.19. The van der Waals surface area contributed by atoms with Gasteiger partial charge in [-0.1, -0.05) is 0 Å². The van der Waals surface area contributed by atoms with Gasteiger partial charge in [-0.3, -0.25) is 0 Å². The third-order valence-electron chi connectivity index (χ3n) is 3.91. The van der Waals surface area contributed by atoms with E-state index < -0.39 is 0 Å². The number of nitrogens with zero attached hydrogens (tertiary/aromatic N) is 4. The molecule has 21 heavy (non-hydrogen) atoms. The van der Waals surface area contributed by atoms with E-state index in [9.17, 15) is 0 Å². The maximum Gasteiger partial charge on any atom is 0.245 e. The summed E-state index contributed by atoms with van der Waals surface area (Å²) in [6.07, 6.45) is 5.31. The SMILES string of the molecule is Cc1ccn2nc(N3CCC(OCCCN)CC3)nc2c1. The fourth-order valence-electron chi connectivity index (χ4n) is 2.66. The molecule has 0 aliphatic carbocycles. The van der Waals surface area contributed by atoms with Crippen LogP contribution in [0.5, 0.6) is 0 Å². The second-order valence-electron chi connectivity index (χ2n) is 5.62. The van der Waals surface area contributed by atoms with Crippen LogP contribution in [0.1, 0.15) is 24.8 Å². The molecule has 6 nitrogen and oxygen atoms in total. The Morgan fingerprint density at radius 1 is 1.38 bits per heavy atom. The first kappa shape index (κ1) is 14.3. The van der Waals surface area contributed by atoms with Crippen molar-refractivity contribution in [2.75, 3.05) is 31.1 Å². The molecule has 1 fully saturated rings. The number of rotatable bonds is 5. The van der Waals surface area contributed by atoms with E-state index in [2.05, 4.69) is 28.0 Å². The van der Waals surface area contributed by atoms with Crippen molar-refractivity contribution in [1.82, 2.24) is 14.6 Å². The van der Waals surface area contributed by atoms with Crippen LogP contribution < -0.4 is 10.6 Å². The minimum absolute atomic E-state index is 0.354. The Labute approximate surface area is 124 Å². The van der Waals surface area contributed by atoms with Crippen molar-refractivity contribution >= 4 is 11.6 Å². The Balaban J connectivity index is 1.60. The first-order valence-electron chi connectivity index (χ1n) is 7.66. The number of aromatic nitrogens is 3. The normalized spacial score (nSPS) is 16.8. The summed E-state index contributed by atoms with van der Waals surface area (Å²) in [5.74, 6) is 0.820. The molecule has 3 rings (SSSR count). The molecule has 0 bridgehead atoms. The fourth-order valence-corrected chi connectivity index (χ4v) is 2.66. The van der Waals surface area contributed by atoms with E-state index in [-0.39, 0.29) is 0 Å². The molecule has 0 spiro atoms. The third-order valence-corrected chi connectivity index (χ3v) is 3.91.